The highest BCUT2D eigenvalue weighted by molar-refractivity contribution is 5.77. The van der Waals surface area contributed by atoms with Crippen LogP contribution in [-0.4, -0.2) is 13.1 Å². The molecule has 0 aromatic heterocycles. The fourth-order valence-corrected chi connectivity index (χ4v) is 1.54. The number of halogens is 2. The SMILES string of the molecule is COC(=O)C(C)(C)[C@@H](N)c1cccc(F)c1F. The molecule has 0 saturated heterocycles. The van der Waals surface area contributed by atoms with Crippen LogP contribution in [0.1, 0.15) is 25.5 Å². The highest BCUT2D eigenvalue weighted by Crippen LogP contribution is 2.34. The maximum Gasteiger partial charge on any atom is 0.313 e. The Hall–Kier alpha value is -1.49. The molecule has 0 bridgehead atoms. The van der Waals surface area contributed by atoms with E-state index in [2.05, 4.69) is 4.74 Å². The highest BCUT2D eigenvalue weighted by Gasteiger charge is 2.38. The first kappa shape index (κ1) is 13.6. The predicted octanol–water partition coefficient (Wildman–Crippen LogP) is 2.16. The van der Waals surface area contributed by atoms with Gasteiger partial charge in [-0.2, -0.15) is 0 Å². The van der Waals surface area contributed by atoms with Crippen LogP contribution in [-0.2, 0) is 9.53 Å². The molecule has 0 fully saturated rings. The molecule has 1 aromatic carbocycles. The second-order valence-electron chi connectivity index (χ2n) is 4.33. The molecule has 1 atom stereocenters. The second kappa shape index (κ2) is 4.79. The highest BCUT2D eigenvalue weighted by atomic mass is 19.2. The molecule has 0 heterocycles. The molecule has 94 valence electrons. The van der Waals surface area contributed by atoms with Crippen molar-refractivity contribution in [3.05, 3.63) is 35.4 Å². The number of methoxy groups -OCH3 is 1. The summed E-state index contributed by atoms with van der Waals surface area (Å²) >= 11 is 0. The molecule has 0 saturated carbocycles. The zero-order valence-electron chi connectivity index (χ0n) is 9.96. The second-order valence-corrected chi connectivity index (χ2v) is 4.33. The van der Waals surface area contributed by atoms with Crippen molar-refractivity contribution in [1.29, 1.82) is 0 Å². The Morgan fingerprint density at radius 3 is 2.53 bits per heavy atom. The lowest BCUT2D eigenvalue weighted by Gasteiger charge is -2.29. The Morgan fingerprint density at radius 1 is 1.41 bits per heavy atom. The molecule has 0 aliphatic rings. The van der Waals surface area contributed by atoms with Gasteiger partial charge in [-0.1, -0.05) is 12.1 Å². The van der Waals surface area contributed by atoms with Crippen molar-refractivity contribution in [2.24, 2.45) is 11.1 Å². The van der Waals surface area contributed by atoms with Gasteiger partial charge in [0.1, 0.15) is 0 Å². The molecule has 0 aliphatic carbocycles. The van der Waals surface area contributed by atoms with E-state index in [9.17, 15) is 13.6 Å². The van der Waals surface area contributed by atoms with E-state index >= 15 is 0 Å². The Labute approximate surface area is 98.6 Å². The average molecular weight is 243 g/mol. The molecule has 0 aliphatic heterocycles. The van der Waals surface area contributed by atoms with Crippen LogP contribution in [0.15, 0.2) is 18.2 Å². The molecule has 1 aromatic rings. The van der Waals surface area contributed by atoms with Crippen molar-refractivity contribution in [3.8, 4) is 0 Å². The number of carbonyl (C=O) groups excluding carboxylic acids is 1. The van der Waals surface area contributed by atoms with E-state index in [1.165, 1.54) is 33.1 Å². The minimum atomic E-state index is -1.14. The molecule has 17 heavy (non-hydrogen) atoms. The van der Waals surface area contributed by atoms with Crippen molar-refractivity contribution < 1.29 is 18.3 Å². The molecule has 0 spiro atoms. The van der Waals surface area contributed by atoms with Gasteiger partial charge in [-0.05, 0) is 19.9 Å². The van der Waals surface area contributed by atoms with Gasteiger partial charge in [0.2, 0.25) is 0 Å². The lowest BCUT2D eigenvalue weighted by Crippen LogP contribution is -2.38. The number of nitrogens with two attached hydrogens (primary N) is 1. The summed E-state index contributed by atoms with van der Waals surface area (Å²) in [4.78, 5) is 11.5. The predicted molar refractivity (Wildman–Crippen MR) is 59.1 cm³/mol. The summed E-state index contributed by atoms with van der Waals surface area (Å²) in [6.45, 7) is 3.04. The smallest absolute Gasteiger partial charge is 0.313 e. The summed E-state index contributed by atoms with van der Waals surface area (Å²) in [6.07, 6.45) is 0. The third kappa shape index (κ3) is 2.44. The van der Waals surface area contributed by atoms with E-state index < -0.39 is 29.1 Å². The van der Waals surface area contributed by atoms with Gasteiger partial charge >= 0.3 is 5.97 Å². The van der Waals surface area contributed by atoms with E-state index in [-0.39, 0.29) is 5.56 Å². The lowest BCUT2D eigenvalue weighted by atomic mass is 9.81. The fraction of sp³-hybridized carbons (Fsp3) is 0.417. The van der Waals surface area contributed by atoms with Gasteiger partial charge in [0.15, 0.2) is 11.6 Å². The zero-order chi connectivity index (χ0) is 13.2. The molecule has 2 N–H and O–H groups in total. The van der Waals surface area contributed by atoms with Crippen molar-refractivity contribution in [1.82, 2.24) is 0 Å². The normalized spacial score (nSPS) is 13.3. The number of hydrogen-bond donors (Lipinski definition) is 1. The lowest BCUT2D eigenvalue weighted by molar-refractivity contribution is -0.152. The van der Waals surface area contributed by atoms with Gasteiger partial charge in [-0.3, -0.25) is 4.79 Å². The standard InChI is InChI=1S/C12H15F2NO2/c1-12(2,11(16)17-3)10(15)7-5-4-6-8(13)9(7)14/h4-6,10H,15H2,1-3H3/t10-/m0/s1. The quantitative estimate of drug-likeness (QED) is 0.828. The third-order valence-corrected chi connectivity index (χ3v) is 2.81. The number of esters is 1. The molecule has 0 amide bonds. The average Bonchev–Trinajstić information content (AvgIpc) is 2.30. The van der Waals surface area contributed by atoms with E-state index in [0.29, 0.717) is 0 Å². The minimum absolute atomic E-state index is 0.0413. The van der Waals surface area contributed by atoms with Gasteiger partial charge in [-0.25, -0.2) is 8.78 Å². The number of benzene rings is 1. The van der Waals surface area contributed by atoms with Crippen molar-refractivity contribution >= 4 is 5.97 Å². The van der Waals surface area contributed by atoms with E-state index in [1.807, 2.05) is 0 Å². The van der Waals surface area contributed by atoms with Gasteiger partial charge in [0, 0.05) is 11.6 Å². The van der Waals surface area contributed by atoms with Crippen LogP contribution in [0, 0.1) is 17.0 Å². The Morgan fingerprint density at radius 2 is 2.00 bits per heavy atom. The largest absolute Gasteiger partial charge is 0.469 e. The summed E-state index contributed by atoms with van der Waals surface area (Å²) in [7, 11) is 1.22. The first-order chi connectivity index (χ1) is 7.82. The van der Waals surface area contributed by atoms with E-state index in [4.69, 9.17) is 5.73 Å². The fourth-order valence-electron chi connectivity index (χ4n) is 1.54. The molecule has 3 nitrogen and oxygen atoms in total. The van der Waals surface area contributed by atoms with Gasteiger partial charge in [-0.15, -0.1) is 0 Å². The van der Waals surface area contributed by atoms with Crippen LogP contribution in [0.5, 0.6) is 0 Å². The minimum Gasteiger partial charge on any atom is -0.469 e. The Kier molecular flexibility index (Phi) is 3.83. The summed E-state index contributed by atoms with van der Waals surface area (Å²) in [6, 6.07) is 2.72. The zero-order valence-corrected chi connectivity index (χ0v) is 9.96. The number of ether oxygens (including phenoxy) is 1. The molecule has 0 unspecified atom stereocenters. The number of rotatable bonds is 3. The molecule has 1 rings (SSSR count). The Balaban J connectivity index is 3.16. The van der Waals surface area contributed by atoms with Crippen LogP contribution in [0.3, 0.4) is 0 Å². The maximum atomic E-state index is 13.5. The van der Waals surface area contributed by atoms with Crippen molar-refractivity contribution in [2.45, 2.75) is 19.9 Å². The summed E-state index contributed by atoms with van der Waals surface area (Å²) in [5, 5.41) is 0. The van der Waals surface area contributed by atoms with Crippen molar-refractivity contribution in [3.63, 3.8) is 0 Å². The van der Waals surface area contributed by atoms with Crippen LogP contribution in [0.25, 0.3) is 0 Å². The van der Waals surface area contributed by atoms with Gasteiger partial charge in [0.25, 0.3) is 0 Å². The molecule has 0 radical (unpaired) electrons. The molecule has 5 heteroatoms. The molecular formula is C12H15F2NO2. The van der Waals surface area contributed by atoms with Crippen LogP contribution < -0.4 is 5.73 Å². The topological polar surface area (TPSA) is 52.3 Å². The van der Waals surface area contributed by atoms with Gasteiger partial charge < -0.3 is 10.5 Å². The van der Waals surface area contributed by atoms with E-state index in [0.717, 1.165) is 6.07 Å². The first-order valence-electron chi connectivity index (χ1n) is 5.10. The van der Waals surface area contributed by atoms with E-state index in [1.54, 1.807) is 0 Å². The third-order valence-electron chi connectivity index (χ3n) is 2.81. The van der Waals surface area contributed by atoms with Gasteiger partial charge in [0.05, 0.1) is 12.5 Å². The monoisotopic (exact) mass is 243 g/mol. The van der Waals surface area contributed by atoms with Crippen LogP contribution >= 0.6 is 0 Å². The summed E-state index contributed by atoms with van der Waals surface area (Å²) < 4.78 is 31.2. The number of carbonyl (C=O) groups is 1. The van der Waals surface area contributed by atoms with Crippen molar-refractivity contribution in [2.75, 3.05) is 7.11 Å². The Bertz CT molecular complexity index is 433. The number of hydrogen-bond acceptors (Lipinski definition) is 3. The first-order valence-corrected chi connectivity index (χ1v) is 5.10. The summed E-state index contributed by atoms with van der Waals surface area (Å²) in [5.74, 6) is -2.59. The summed E-state index contributed by atoms with van der Waals surface area (Å²) in [5.41, 5.74) is 4.63. The molecular weight excluding hydrogens is 228 g/mol. The van der Waals surface area contributed by atoms with Crippen LogP contribution in [0.2, 0.25) is 0 Å². The maximum absolute atomic E-state index is 13.5. The van der Waals surface area contributed by atoms with Crippen LogP contribution in [0.4, 0.5) is 8.78 Å².